The van der Waals surface area contributed by atoms with Crippen LogP contribution in [0.5, 0.6) is 0 Å². The molecule has 4 unspecified atom stereocenters. The number of rotatable bonds is 12. The van der Waals surface area contributed by atoms with E-state index in [1.54, 1.807) is 12.1 Å². The molecule has 6 fully saturated rings. The molecule has 0 amide bonds. The van der Waals surface area contributed by atoms with Gasteiger partial charge in [0.2, 0.25) is 0 Å². The number of benzene rings is 4. The van der Waals surface area contributed by atoms with E-state index in [-0.39, 0.29) is 12.0 Å². The standard InChI is InChI=1S/C32H39ClO5.C26H31ClO5/c1-5-28-19(2)29(36-20(3)34)31(37-21(4)35)30(38-28)24-10-11-27(33)26(17-24)16-22-6-8-23(9-7-22)25-12-13-32(18-25)14-15-32;27-20-6-5-17(25-24(31)23(30)22(29)21(14-28)32-25)12-19(20)11-15-1-3-16(4-2-15)18-7-8-26(13-18)9-10-26/h6-11,17,19,25,28-31H,5,12-16,18H2,1-4H3;1-6,12,18,21-25,28-31H,7-11,13-14H2/t19-,25?,28-,29+,30?,31-;18?,21-,22-,23+,24-,25?/m11/s1. The number of esters is 2. The highest BCUT2D eigenvalue weighted by Crippen LogP contribution is 2.62. The van der Waals surface area contributed by atoms with Gasteiger partial charge in [-0.15, -0.1) is 0 Å². The Morgan fingerprint density at radius 2 is 1.04 bits per heavy atom. The second kappa shape index (κ2) is 21.3. The SMILES string of the molecule is CC[C@H]1OC(c2ccc(Cl)c(Cc3ccc(C4CCC5(CC5)C4)cc3)c2)[C@H](OC(C)=O)[C@@H](OC(C)=O)[C@@H]1C.OC[C@H]1OC(c2ccc(Cl)c(Cc3ccc(C4CCC5(CC5)C4)cc3)c2)[C@H](O)[C@@H](O)[C@@H]1O. The molecular weight excluding hydrogens is 928 g/mol. The lowest BCUT2D eigenvalue weighted by Gasteiger charge is -2.44. The summed E-state index contributed by atoms with van der Waals surface area (Å²) < 4.78 is 23.6. The van der Waals surface area contributed by atoms with Crippen molar-refractivity contribution in [3.63, 3.8) is 0 Å². The average Bonchev–Trinajstić information content (AvgIpc) is 4.20. The third kappa shape index (κ3) is 11.4. The van der Waals surface area contributed by atoms with Crippen LogP contribution in [-0.2, 0) is 41.4 Å². The lowest BCUT2D eigenvalue weighted by Crippen LogP contribution is -2.55. The van der Waals surface area contributed by atoms with Gasteiger partial charge >= 0.3 is 11.9 Å². The van der Waals surface area contributed by atoms with Crippen molar-refractivity contribution in [2.24, 2.45) is 16.7 Å². The van der Waals surface area contributed by atoms with E-state index in [4.69, 9.17) is 42.1 Å². The number of halogens is 2. The number of carbonyl (C=O) groups is 2. The van der Waals surface area contributed by atoms with Gasteiger partial charge in [0.15, 0.2) is 6.10 Å². The van der Waals surface area contributed by atoms with Gasteiger partial charge in [0.25, 0.3) is 0 Å². The second-order valence-corrected chi connectivity index (χ2v) is 22.5. The molecule has 2 saturated heterocycles. The van der Waals surface area contributed by atoms with Crippen molar-refractivity contribution in [1.82, 2.24) is 0 Å². The molecule has 4 aromatic carbocycles. The molecule has 4 saturated carbocycles. The van der Waals surface area contributed by atoms with E-state index in [1.807, 2.05) is 38.1 Å². The van der Waals surface area contributed by atoms with Gasteiger partial charge in [0, 0.05) is 29.8 Å². The van der Waals surface area contributed by atoms with Crippen molar-refractivity contribution in [2.75, 3.05) is 6.61 Å². The maximum Gasteiger partial charge on any atom is 0.303 e. The van der Waals surface area contributed by atoms with E-state index >= 15 is 0 Å². The number of ether oxygens (including phenoxy) is 4. The molecular formula is C58H70Cl2O10. The predicted octanol–water partition coefficient (Wildman–Crippen LogP) is 10.8. The molecule has 2 spiro atoms. The smallest absolute Gasteiger partial charge is 0.303 e. The van der Waals surface area contributed by atoms with E-state index in [1.165, 1.54) is 94.7 Å². The Kier molecular flexibility index (Phi) is 15.6. The van der Waals surface area contributed by atoms with Gasteiger partial charge in [-0.25, -0.2) is 0 Å². The number of aliphatic hydroxyl groups excluding tert-OH is 4. The van der Waals surface area contributed by atoms with Gasteiger partial charge in [-0.2, -0.15) is 0 Å². The van der Waals surface area contributed by atoms with E-state index < -0.39 is 67.4 Å². The first kappa shape index (κ1) is 51.1. The summed E-state index contributed by atoms with van der Waals surface area (Å²) in [4.78, 5) is 24.0. The van der Waals surface area contributed by atoms with Crippen LogP contribution in [0.2, 0.25) is 10.0 Å². The highest BCUT2D eigenvalue weighted by atomic mass is 35.5. The molecule has 4 aromatic rings. The summed E-state index contributed by atoms with van der Waals surface area (Å²) in [5.41, 5.74) is 9.96. The second-order valence-electron chi connectivity index (χ2n) is 21.7. The highest BCUT2D eigenvalue weighted by Gasteiger charge is 2.50. The molecule has 0 bridgehead atoms. The number of carbonyl (C=O) groups excluding carboxylic acids is 2. The third-order valence-electron chi connectivity index (χ3n) is 16.8. The van der Waals surface area contributed by atoms with Gasteiger partial charge in [-0.3, -0.25) is 9.59 Å². The predicted molar refractivity (Wildman–Crippen MR) is 269 cm³/mol. The largest absolute Gasteiger partial charge is 0.458 e. The van der Waals surface area contributed by atoms with Crippen molar-refractivity contribution >= 4 is 35.1 Å². The lowest BCUT2D eigenvalue weighted by molar-refractivity contribution is -0.231. The zero-order valence-electron chi connectivity index (χ0n) is 40.9. The number of hydrogen-bond acceptors (Lipinski definition) is 10. The molecule has 10 rings (SSSR count). The van der Waals surface area contributed by atoms with Crippen molar-refractivity contribution in [1.29, 1.82) is 0 Å². The Morgan fingerprint density at radius 3 is 1.47 bits per heavy atom. The Bertz CT molecular complexity index is 2470. The summed E-state index contributed by atoms with van der Waals surface area (Å²) in [6, 6.07) is 29.1. The van der Waals surface area contributed by atoms with Gasteiger partial charge in [0.1, 0.15) is 42.7 Å². The van der Waals surface area contributed by atoms with Crippen LogP contribution in [0.25, 0.3) is 0 Å². The molecule has 6 aliphatic rings. The normalized spacial score (nSPS) is 31.5. The fourth-order valence-corrected chi connectivity index (χ4v) is 12.6. The van der Waals surface area contributed by atoms with Crippen LogP contribution in [0.1, 0.15) is 167 Å². The summed E-state index contributed by atoms with van der Waals surface area (Å²) in [5, 5.41) is 41.4. The minimum Gasteiger partial charge on any atom is -0.458 e. The first-order chi connectivity index (χ1) is 33.6. The van der Waals surface area contributed by atoms with Crippen LogP contribution in [0, 0.1) is 16.7 Å². The molecule has 12 atom stereocenters. The van der Waals surface area contributed by atoms with Crippen LogP contribution in [-0.4, -0.2) is 81.7 Å². The highest BCUT2D eigenvalue weighted by molar-refractivity contribution is 6.31. The molecule has 12 heteroatoms. The molecule has 4 aliphatic carbocycles. The maximum absolute atomic E-state index is 12.1. The summed E-state index contributed by atoms with van der Waals surface area (Å²) in [5.74, 6) is 0.417. The van der Waals surface area contributed by atoms with Crippen molar-refractivity contribution in [3.8, 4) is 0 Å². The van der Waals surface area contributed by atoms with E-state index in [9.17, 15) is 30.0 Å². The van der Waals surface area contributed by atoms with Crippen molar-refractivity contribution in [3.05, 3.63) is 139 Å². The van der Waals surface area contributed by atoms with Crippen LogP contribution in [0.3, 0.4) is 0 Å². The topological polar surface area (TPSA) is 152 Å². The zero-order chi connectivity index (χ0) is 49.5. The minimum atomic E-state index is -1.40. The number of hydrogen-bond donors (Lipinski definition) is 4. The Hall–Kier alpha value is -3.84. The first-order valence-corrected chi connectivity index (χ1v) is 26.4. The van der Waals surface area contributed by atoms with Crippen molar-refractivity contribution < 1.29 is 49.0 Å². The Labute approximate surface area is 423 Å². The molecule has 0 aromatic heterocycles. The first-order valence-electron chi connectivity index (χ1n) is 25.6. The van der Waals surface area contributed by atoms with Crippen LogP contribution in [0.4, 0.5) is 0 Å². The molecule has 10 nitrogen and oxygen atoms in total. The zero-order valence-corrected chi connectivity index (χ0v) is 42.4. The Morgan fingerprint density at radius 1 is 0.600 bits per heavy atom. The molecule has 376 valence electrons. The lowest BCUT2D eigenvalue weighted by atomic mass is 9.84. The molecule has 0 radical (unpaired) electrons. The molecule has 2 aliphatic heterocycles. The van der Waals surface area contributed by atoms with E-state index in [0.717, 1.165) is 28.7 Å². The molecule has 70 heavy (non-hydrogen) atoms. The quantitative estimate of drug-likeness (QED) is 0.101. The van der Waals surface area contributed by atoms with Crippen LogP contribution >= 0.6 is 23.2 Å². The van der Waals surface area contributed by atoms with Crippen LogP contribution < -0.4 is 0 Å². The van der Waals surface area contributed by atoms with Gasteiger partial charge in [-0.1, -0.05) is 110 Å². The van der Waals surface area contributed by atoms with Crippen LogP contribution in [0.15, 0.2) is 84.9 Å². The summed E-state index contributed by atoms with van der Waals surface area (Å²) in [6.07, 6.45) is 7.83. The summed E-state index contributed by atoms with van der Waals surface area (Å²) in [6.45, 7) is 6.32. The molecule has 4 N–H and O–H groups in total. The van der Waals surface area contributed by atoms with E-state index in [2.05, 4.69) is 48.5 Å². The third-order valence-corrected chi connectivity index (χ3v) is 17.5. The van der Waals surface area contributed by atoms with Gasteiger partial charge < -0.3 is 39.4 Å². The fraction of sp³-hybridized carbons (Fsp3) is 0.552. The van der Waals surface area contributed by atoms with Gasteiger partial charge in [-0.05, 0) is 163 Å². The number of aliphatic hydroxyl groups is 4. The molecule has 2 heterocycles. The summed E-state index contributed by atoms with van der Waals surface area (Å²) >= 11 is 13.1. The average molecular weight is 998 g/mol. The fourth-order valence-electron chi connectivity index (χ4n) is 12.2. The Balaban J connectivity index is 0.000000176. The van der Waals surface area contributed by atoms with Gasteiger partial charge in [0.05, 0.1) is 12.7 Å². The monoisotopic (exact) mass is 996 g/mol. The minimum absolute atomic E-state index is 0.121. The van der Waals surface area contributed by atoms with Crippen molar-refractivity contribution in [2.45, 2.75) is 178 Å². The summed E-state index contributed by atoms with van der Waals surface area (Å²) in [7, 11) is 0. The van der Waals surface area contributed by atoms with E-state index in [0.29, 0.717) is 51.1 Å². The maximum atomic E-state index is 12.1.